The van der Waals surface area contributed by atoms with Gasteiger partial charge in [-0.25, -0.2) is 0 Å². The fraction of sp³-hybridized carbons (Fsp3) is 0.263. The van der Waals surface area contributed by atoms with E-state index in [4.69, 9.17) is 5.26 Å². The van der Waals surface area contributed by atoms with Crippen LogP contribution in [0.5, 0.6) is 0 Å². The topological polar surface area (TPSA) is 60.2 Å². The van der Waals surface area contributed by atoms with Crippen LogP contribution in [0.1, 0.15) is 22.3 Å². The van der Waals surface area contributed by atoms with Crippen molar-refractivity contribution in [1.82, 2.24) is 10.6 Å². The Hall–Kier alpha value is -2.45. The van der Waals surface area contributed by atoms with Crippen LogP contribution in [-0.4, -0.2) is 19.3 Å². The number of hydrogen-bond acceptors (Lipinski definition) is 3. The molecule has 0 heterocycles. The number of thioether (sulfide) groups is 1. The number of nitrogens with zero attached hydrogens (tertiary/aromatic N) is 2. The first-order valence-electron chi connectivity index (χ1n) is 7.73. The summed E-state index contributed by atoms with van der Waals surface area (Å²) in [4.78, 5) is 5.54. The van der Waals surface area contributed by atoms with Gasteiger partial charge in [-0.1, -0.05) is 24.3 Å². The van der Waals surface area contributed by atoms with Gasteiger partial charge in [0.25, 0.3) is 0 Å². The maximum atomic E-state index is 8.83. The molecule has 2 N–H and O–H groups in total. The van der Waals surface area contributed by atoms with Crippen LogP contribution in [0.15, 0.2) is 52.4 Å². The van der Waals surface area contributed by atoms with E-state index in [9.17, 15) is 0 Å². The number of hydrogen-bond donors (Lipinski definition) is 2. The number of rotatable bonds is 5. The van der Waals surface area contributed by atoms with Crippen LogP contribution in [0.25, 0.3) is 0 Å². The van der Waals surface area contributed by atoms with E-state index in [0.29, 0.717) is 12.1 Å². The Labute approximate surface area is 148 Å². The Bertz CT molecular complexity index is 745. The van der Waals surface area contributed by atoms with E-state index in [1.54, 1.807) is 18.8 Å². The Morgan fingerprint density at radius 1 is 1.12 bits per heavy atom. The van der Waals surface area contributed by atoms with Crippen molar-refractivity contribution in [3.8, 4) is 6.07 Å². The third-order valence-corrected chi connectivity index (χ3v) is 4.48. The van der Waals surface area contributed by atoms with Crippen molar-refractivity contribution in [3.63, 3.8) is 0 Å². The molecule has 24 heavy (non-hydrogen) atoms. The molecule has 124 valence electrons. The first-order valence-corrected chi connectivity index (χ1v) is 8.96. The summed E-state index contributed by atoms with van der Waals surface area (Å²) >= 11 is 1.76. The number of aliphatic imine (C=N–C) groups is 1. The Balaban J connectivity index is 1.92. The number of guanidine groups is 1. The lowest BCUT2D eigenvalue weighted by atomic mass is 10.1. The van der Waals surface area contributed by atoms with E-state index in [1.165, 1.54) is 16.0 Å². The summed E-state index contributed by atoms with van der Waals surface area (Å²) < 4.78 is 0. The van der Waals surface area contributed by atoms with Gasteiger partial charge in [0.15, 0.2) is 5.96 Å². The molecular formula is C19H22N4S. The summed E-state index contributed by atoms with van der Waals surface area (Å²) in [6, 6.07) is 16.2. The molecule has 2 rings (SSSR count). The van der Waals surface area contributed by atoms with E-state index < -0.39 is 0 Å². The Morgan fingerprint density at radius 2 is 1.83 bits per heavy atom. The zero-order chi connectivity index (χ0) is 17.4. The predicted octanol–water partition coefficient (Wildman–Crippen LogP) is 3.45. The van der Waals surface area contributed by atoms with Crippen LogP contribution >= 0.6 is 11.8 Å². The first kappa shape index (κ1) is 17.9. The average molecular weight is 338 g/mol. The van der Waals surface area contributed by atoms with Gasteiger partial charge in [-0.3, -0.25) is 4.99 Å². The van der Waals surface area contributed by atoms with E-state index >= 15 is 0 Å². The number of nitrogens with one attached hydrogen (secondary N) is 2. The van der Waals surface area contributed by atoms with Crippen LogP contribution in [0.2, 0.25) is 0 Å². The predicted molar refractivity (Wildman–Crippen MR) is 101 cm³/mol. The number of nitriles is 1. The van der Waals surface area contributed by atoms with Crippen LogP contribution < -0.4 is 10.6 Å². The molecule has 0 amide bonds. The molecule has 2 aromatic carbocycles. The van der Waals surface area contributed by atoms with Gasteiger partial charge in [-0.05, 0) is 48.1 Å². The lowest BCUT2D eigenvalue weighted by Gasteiger charge is -2.14. The SMILES string of the molecule is CN=C(NCc1ccc(C#N)cc1)NCc1ccc(C)cc1SC. The second-order valence-electron chi connectivity index (χ2n) is 5.40. The highest BCUT2D eigenvalue weighted by atomic mass is 32.2. The minimum Gasteiger partial charge on any atom is -0.352 e. The molecule has 4 nitrogen and oxygen atoms in total. The number of benzene rings is 2. The van der Waals surface area contributed by atoms with Crippen LogP contribution in [-0.2, 0) is 13.1 Å². The molecule has 0 saturated heterocycles. The van der Waals surface area contributed by atoms with Crippen molar-refractivity contribution in [1.29, 1.82) is 5.26 Å². The lowest BCUT2D eigenvalue weighted by molar-refractivity contribution is 0.801. The second-order valence-corrected chi connectivity index (χ2v) is 6.25. The molecular weight excluding hydrogens is 316 g/mol. The highest BCUT2D eigenvalue weighted by Crippen LogP contribution is 2.21. The van der Waals surface area contributed by atoms with Gasteiger partial charge in [-0.15, -0.1) is 11.8 Å². The van der Waals surface area contributed by atoms with Crippen LogP contribution in [0.3, 0.4) is 0 Å². The smallest absolute Gasteiger partial charge is 0.191 e. The minimum absolute atomic E-state index is 0.661. The van der Waals surface area contributed by atoms with E-state index in [1.807, 2.05) is 24.3 Å². The average Bonchev–Trinajstić information content (AvgIpc) is 2.63. The van der Waals surface area contributed by atoms with Crippen molar-refractivity contribution < 1.29 is 0 Å². The summed E-state index contributed by atoms with van der Waals surface area (Å²) in [5.41, 5.74) is 4.31. The van der Waals surface area contributed by atoms with E-state index in [-0.39, 0.29) is 0 Å². The number of aryl methyl sites for hydroxylation is 1. The minimum atomic E-state index is 0.661. The molecule has 5 heteroatoms. The molecule has 0 aliphatic carbocycles. The fourth-order valence-corrected chi connectivity index (χ4v) is 2.99. The summed E-state index contributed by atoms with van der Waals surface area (Å²) in [6.07, 6.45) is 2.09. The van der Waals surface area contributed by atoms with Crippen LogP contribution in [0.4, 0.5) is 0 Å². The lowest BCUT2D eigenvalue weighted by Crippen LogP contribution is -2.36. The van der Waals surface area contributed by atoms with Crippen molar-refractivity contribution >= 4 is 17.7 Å². The maximum Gasteiger partial charge on any atom is 0.191 e. The molecule has 0 saturated carbocycles. The fourth-order valence-electron chi connectivity index (χ4n) is 2.28. The molecule has 0 fully saturated rings. The molecule has 0 unspecified atom stereocenters. The van der Waals surface area contributed by atoms with Gasteiger partial charge in [0.2, 0.25) is 0 Å². The zero-order valence-electron chi connectivity index (χ0n) is 14.3. The first-order chi connectivity index (χ1) is 11.7. The molecule has 0 radical (unpaired) electrons. The molecule has 0 atom stereocenters. The summed E-state index contributed by atoms with van der Waals surface area (Å²) in [5.74, 6) is 0.756. The van der Waals surface area contributed by atoms with Crippen LogP contribution in [0, 0.1) is 18.3 Å². The maximum absolute atomic E-state index is 8.83. The van der Waals surface area contributed by atoms with Gasteiger partial charge in [0, 0.05) is 25.0 Å². The Kier molecular flexibility index (Phi) is 6.71. The van der Waals surface area contributed by atoms with Gasteiger partial charge in [0.1, 0.15) is 0 Å². The highest BCUT2D eigenvalue weighted by molar-refractivity contribution is 7.98. The zero-order valence-corrected chi connectivity index (χ0v) is 15.1. The second kappa shape index (κ2) is 8.99. The largest absolute Gasteiger partial charge is 0.352 e. The summed E-state index contributed by atoms with van der Waals surface area (Å²) in [7, 11) is 1.76. The van der Waals surface area contributed by atoms with Gasteiger partial charge in [-0.2, -0.15) is 5.26 Å². The van der Waals surface area contributed by atoms with Crippen molar-refractivity contribution in [2.45, 2.75) is 24.9 Å². The molecule has 0 spiro atoms. The highest BCUT2D eigenvalue weighted by Gasteiger charge is 2.04. The van der Waals surface area contributed by atoms with Gasteiger partial charge >= 0.3 is 0 Å². The van der Waals surface area contributed by atoms with Gasteiger partial charge in [0.05, 0.1) is 11.6 Å². The Morgan fingerprint density at radius 3 is 2.46 bits per heavy atom. The molecule has 0 aliphatic rings. The molecule has 0 aliphatic heterocycles. The van der Waals surface area contributed by atoms with Crippen molar-refractivity contribution in [2.24, 2.45) is 4.99 Å². The quantitative estimate of drug-likeness (QED) is 0.498. The van der Waals surface area contributed by atoms with E-state index in [2.05, 4.69) is 53.1 Å². The molecule has 2 aromatic rings. The van der Waals surface area contributed by atoms with Crippen molar-refractivity contribution in [2.75, 3.05) is 13.3 Å². The third-order valence-electron chi connectivity index (χ3n) is 3.66. The standard InChI is InChI=1S/C19H22N4S/c1-14-4-9-17(18(10-14)24-3)13-23-19(21-2)22-12-16-7-5-15(11-20)6-8-16/h4-10H,12-13H2,1-3H3,(H2,21,22,23). The molecule has 0 aromatic heterocycles. The normalized spacial score (nSPS) is 11.0. The monoisotopic (exact) mass is 338 g/mol. The van der Waals surface area contributed by atoms with E-state index in [0.717, 1.165) is 18.1 Å². The van der Waals surface area contributed by atoms with Gasteiger partial charge < -0.3 is 10.6 Å². The third kappa shape index (κ3) is 5.04. The summed E-state index contributed by atoms with van der Waals surface area (Å²) in [5, 5.41) is 15.5. The van der Waals surface area contributed by atoms with Crippen molar-refractivity contribution in [3.05, 3.63) is 64.7 Å². The molecule has 0 bridgehead atoms. The summed E-state index contributed by atoms with van der Waals surface area (Å²) in [6.45, 7) is 3.49.